The van der Waals surface area contributed by atoms with Crippen molar-refractivity contribution in [3.8, 4) is 0 Å². The fourth-order valence-electron chi connectivity index (χ4n) is 1.13. The van der Waals surface area contributed by atoms with Gasteiger partial charge in [0.2, 0.25) is 15.9 Å². The number of hydrogen-bond acceptors (Lipinski definition) is 5. The number of rotatable bonds is 8. The Hall–Kier alpha value is -1.19. The van der Waals surface area contributed by atoms with Crippen LogP contribution in [-0.4, -0.2) is 55.0 Å². The number of aliphatic hydroxyl groups excluding tert-OH is 1. The molecular formula is C9H18N2O6S. The molecule has 1 unspecified atom stereocenters. The monoisotopic (exact) mass is 282 g/mol. The number of nitrogens with one attached hydrogen (secondary N) is 2. The van der Waals surface area contributed by atoms with Crippen molar-refractivity contribution in [3.63, 3.8) is 0 Å². The molecule has 0 fully saturated rings. The van der Waals surface area contributed by atoms with Crippen LogP contribution in [0.15, 0.2) is 0 Å². The van der Waals surface area contributed by atoms with Gasteiger partial charge < -0.3 is 15.5 Å². The molecule has 2 atom stereocenters. The van der Waals surface area contributed by atoms with Gasteiger partial charge in [-0.25, -0.2) is 17.9 Å². The quantitative estimate of drug-likeness (QED) is 0.418. The van der Waals surface area contributed by atoms with E-state index in [1.807, 2.05) is 5.32 Å². The Morgan fingerprint density at radius 1 is 1.33 bits per heavy atom. The van der Waals surface area contributed by atoms with Gasteiger partial charge in [0.1, 0.15) is 6.04 Å². The van der Waals surface area contributed by atoms with E-state index in [0.717, 1.165) is 0 Å². The Bertz CT molecular complexity index is 394. The van der Waals surface area contributed by atoms with Crippen molar-refractivity contribution < 1.29 is 28.2 Å². The highest BCUT2D eigenvalue weighted by atomic mass is 32.2. The number of aliphatic hydroxyl groups is 1. The first-order valence-corrected chi connectivity index (χ1v) is 7.02. The van der Waals surface area contributed by atoms with E-state index in [0.29, 0.717) is 6.42 Å². The third-order valence-corrected chi connectivity index (χ3v) is 3.68. The normalized spacial score (nSPS) is 14.8. The van der Waals surface area contributed by atoms with Gasteiger partial charge in [-0.15, -0.1) is 0 Å². The summed E-state index contributed by atoms with van der Waals surface area (Å²) in [7, 11) is -3.56. The predicted octanol–water partition coefficient (Wildman–Crippen LogP) is -1.73. The first-order valence-electron chi connectivity index (χ1n) is 5.37. The van der Waals surface area contributed by atoms with Gasteiger partial charge in [0.25, 0.3) is 0 Å². The molecule has 0 spiro atoms. The summed E-state index contributed by atoms with van der Waals surface area (Å²) < 4.78 is 24.9. The molecule has 106 valence electrons. The number of carbonyl (C=O) groups excluding carboxylic acids is 1. The Morgan fingerprint density at radius 3 is 2.28 bits per heavy atom. The van der Waals surface area contributed by atoms with Crippen LogP contribution in [0, 0.1) is 0 Å². The third kappa shape index (κ3) is 5.94. The van der Waals surface area contributed by atoms with Crippen LogP contribution >= 0.6 is 0 Å². The lowest BCUT2D eigenvalue weighted by molar-refractivity contribution is -0.143. The molecule has 0 heterocycles. The van der Waals surface area contributed by atoms with E-state index in [1.165, 1.54) is 6.92 Å². The molecule has 0 aromatic carbocycles. The molecule has 0 radical (unpaired) electrons. The van der Waals surface area contributed by atoms with Crippen LogP contribution in [0.25, 0.3) is 0 Å². The summed E-state index contributed by atoms with van der Waals surface area (Å²) in [6, 6.07) is -2.55. The maximum atomic E-state index is 11.5. The summed E-state index contributed by atoms with van der Waals surface area (Å²) in [6.45, 7) is 2.20. The summed E-state index contributed by atoms with van der Waals surface area (Å²) in [4.78, 5) is 22.0. The summed E-state index contributed by atoms with van der Waals surface area (Å²) in [5, 5.41) is 19.3. The highest BCUT2D eigenvalue weighted by Gasteiger charge is 2.24. The summed E-state index contributed by atoms with van der Waals surface area (Å²) in [5.74, 6) is -2.32. The average molecular weight is 282 g/mol. The van der Waals surface area contributed by atoms with E-state index in [4.69, 9.17) is 10.2 Å². The maximum Gasteiger partial charge on any atom is 0.328 e. The van der Waals surface area contributed by atoms with Crippen molar-refractivity contribution in [3.05, 3.63) is 0 Å². The number of carbonyl (C=O) groups is 2. The van der Waals surface area contributed by atoms with Crippen LogP contribution in [0.2, 0.25) is 0 Å². The van der Waals surface area contributed by atoms with E-state index in [2.05, 4.69) is 4.72 Å². The highest BCUT2D eigenvalue weighted by Crippen LogP contribution is 1.94. The minimum absolute atomic E-state index is 0.118. The maximum absolute atomic E-state index is 11.5. The molecule has 4 N–H and O–H groups in total. The zero-order valence-corrected chi connectivity index (χ0v) is 11.0. The van der Waals surface area contributed by atoms with Crippen LogP contribution in [0.3, 0.4) is 0 Å². The van der Waals surface area contributed by atoms with Gasteiger partial charge >= 0.3 is 5.97 Å². The standard InChI is InChI=1S/C9H18N2O6S/c1-3-4-18(16,17)11-6(2)8(13)10-7(5-12)9(14)15/h6-7,11-12H,3-5H2,1-2H3,(H,10,13)(H,14,15)/t6?,7-/m1/s1. The lowest BCUT2D eigenvalue weighted by Gasteiger charge is -2.17. The molecule has 0 rings (SSSR count). The van der Waals surface area contributed by atoms with Crippen molar-refractivity contribution in [2.75, 3.05) is 12.4 Å². The smallest absolute Gasteiger partial charge is 0.328 e. The molecule has 0 aromatic rings. The number of carboxylic acid groups (broad SMARTS) is 1. The fourth-order valence-corrected chi connectivity index (χ4v) is 2.43. The van der Waals surface area contributed by atoms with E-state index in [-0.39, 0.29) is 5.75 Å². The predicted molar refractivity (Wildman–Crippen MR) is 63.3 cm³/mol. The minimum Gasteiger partial charge on any atom is -0.480 e. The Balaban J connectivity index is 4.48. The lowest BCUT2D eigenvalue weighted by atomic mass is 10.2. The van der Waals surface area contributed by atoms with Gasteiger partial charge in [-0.05, 0) is 13.3 Å². The third-order valence-electron chi connectivity index (χ3n) is 2.02. The molecule has 0 aliphatic carbocycles. The molecule has 1 amide bonds. The number of amides is 1. The lowest BCUT2D eigenvalue weighted by Crippen LogP contribution is -2.51. The van der Waals surface area contributed by atoms with Gasteiger partial charge in [-0.3, -0.25) is 4.79 Å². The number of aliphatic carboxylic acids is 1. The largest absolute Gasteiger partial charge is 0.480 e. The molecule has 8 nitrogen and oxygen atoms in total. The Morgan fingerprint density at radius 2 is 1.89 bits per heavy atom. The zero-order valence-electron chi connectivity index (χ0n) is 10.2. The van der Waals surface area contributed by atoms with E-state index >= 15 is 0 Å². The van der Waals surface area contributed by atoms with Crippen LogP contribution in [0.5, 0.6) is 0 Å². The second-order valence-corrected chi connectivity index (χ2v) is 5.61. The van der Waals surface area contributed by atoms with E-state index in [1.54, 1.807) is 6.92 Å². The molecule has 0 aliphatic rings. The molecular weight excluding hydrogens is 264 g/mol. The second-order valence-electron chi connectivity index (χ2n) is 3.74. The van der Waals surface area contributed by atoms with Crippen LogP contribution < -0.4 is 10.0 Å². The van der Waals surface area contributed by atoms with Crippen LogP contribution in [0.4, 0.5) is 0 Å². The van der Waals surface area contributed by atoms with E-state index < -0.39 is 40.6 Å². The van der Waals surface area contributed by atoms with Crippen molar-refractivity contribution in [2.45, 2.75) is 32.4 Å². The molecule has 9 heteroatoms. The summed E-state index contributed by atoms with van der Waals surface area (Å²) in [5.41, 5.74) is 0. The summed E-state index contributed by atoms with van der Waals surface area (Å²) >= 11 is 0. The first kappa shape index (κ1) is 16.8. The van der Waals surface area contributed by atoms with Gasteiger partial charge in [0.05, 0.1) is 18.4 Å². The Kier molecular flexibility index (Phi) is 6.81. The van der Waals surface area contributed by atoms with E-state index in [9.17, 15) is 18.0 Å². The number of sulfonamides is 1. The van der Waals surface area contributed by atoms with Gasteiger partial charge in [-0.2, -0.15) is 0 Å². The van der Waals surface area contributed by atoms with Crippen molar-refractivity contribution in [1.82, 2.24) is 10.0 Å². The van der Waals surface area contributed by atoms with Gasteiger partial charge in [0, 0.05) is 0 Å². The molecule has 18 heavy (non-hydrogen) atoms. The number of carboxylic acids is 1. The van der Waals surface area contributed by atoms with Crippen LogP contribution in [-0.2, 0) is 19.6 Å². The molecule has 0 saturated carbocycles. The molecule has 0 aliphatic heterocycles. The van der Waals surface area contributed by atoms with Crippen molar-refractivity contribution in [2.24, 2.45) is 0 Å². The Labute approximate surface area is 105 Å². The highest BCUT2D eigenvalue weighted by molar-refractivity contribution is 7.89. The van der Waals surface area contributed by atoms with Gasteiger partial charge in [-0.1, -0.05) is 6.92 Å². The fraction of sp³-hybridized carbons (Fsp3) is 0.778. The number of hydrogen-bond donors (Lipinski definition) is 4. The minimum atomic E-state index is -3.56. The average Bonchev–Trinajstić information content (AvgIpc) is 2.23. The molecule has 0 bridgehead atoms. The van der Waals surface area contributed by atoms with Crippen LogP contribution in [0.1, 0.15) is 20.3 Å². The van der Waals surface area contributed by atoms with Crippen molar-refractivity contribution in [1.29, 1.82) is 0 Å². The van der Waals surface area contributed by atoms with Gasteiger partial charge in [0.15, 0.2) is 0 Å². The van der Waals surface area contributed by atoms with Crippen molar-refractivity contribution >= 4 is 21.9 Å². The topological polar surface area (TPSA) is 133 Å². The zero-order chi connectivity index (χ0) is 14.3. The molecule has 0 saturated heterocycles. The first-order chi connectivity index (χ1) is 8.23. The summed E-state index contributed by atoms with van der Waals surface area (Å²) in [6.07, 6.45) is 0.401. The second kappa shape index (κ2) is 7.29. The molecule has 0 aromatic heterocycles. The SMILES string of the molecule is CCCS(=O)(=O)NC(C)C(=O)N[C@H](CO)C(=O)O.